The molecule has 6 N–H and O–H groups in total. The molecule has 214 valence electrons. The van der Waals surface area contributed by atoms with Crippen LogP contribution in [-0.2, 0) is 30.2 Å². The first-order valence-electron chi connectivity index (χ1n) is 12.8. The molecule has 0 saturated carbocycles. The number of hydrogen-bond donors (Lipinski definition) is 6. The molecule has 5 rings (SSSR count). The number of carbonyl (C=O) groups is 3. The third-order valence-corrected chi connectivity index (χ3v) is 8.14. The van der Waals surface area contributed by atoms with Gasteiger partial charge in [0.25, 0.3) is 0 Å². The summed E-state index contributed by atoms with van der Waals surface area (Å²) < 4.78 is 17.0. The minimum absolute atomic E-state index is 0.0192. The van der Waals surface area contributed by atoms with Crippen LogP contribution >= 0.6 is 0 Å². The Morgan fingerprint density at radius 1 is 1.23 bits per heavy atom. The molecule has 2 aliphatic carbocycles. The van der Waals surface area contributed by atoms with Gasteiger partial charge in [-0.1, -0.05) is 18.2 Å². The third kappa shape index (κ3) is 4.15. The number of Topliss-reactive ketones (excluding diaryl/α,β-unsaturated/α-hetero) is 2. The third-order valence-electron chi connectivity index (χ3n) is 8.14. The van der Waals surface area contributed by atoms with Crippen molar-refractivity contribution >= 4 is 28.6 Å². The molecule has 1 fully saturated rings. The molecule has 2 aromatic carbocycles. The number of hydrogen-bond acceptors (Lipinski definition) is 12. The topological polar surface area (TPSA) is 200 Å². The maximum atomic E-state index is 14.3. The highest BCUT2D eigenvalue weighted by Gasteiger charge is 2.60. The Kier molecular flexibility index (Phi) is 7.07. The molecule has 2 aromatic rings. The average Bonchev–Trinajstić information content (AvgIpc) is 2.89. The van der Waals surface area contributed by atoms with Crippen LogP contribution in [0, 0.1) is 5.92 Å². The Bertz CT molecular complexity index is 1400. The average molecular weight is 559 g/mol. The second-order valence-corrected chi connectivity index (χ2v) is 10.5. The minimum atomic E-state index is -2.27. The Hall–Kier alpha value is -3.23. The van der Waals surface area contributed by atoms with Gasteiger partial charge in [0, 0.05) is 17.9 Å². The fourth-order valence-electron chi connectivity index (χ4n) is 6.07. The molecule has 40 heavy (non-hydrogen) atoms. The minimum Gasteiger partial charge on any atom is -0.507 e. The van der Waals surface area contributed by atoms with Crippen LogP contribution in [0.4, 0.5) is 0 Å². The number of phenolic OH excluding ortho intramolecular Hbond substituents is 2. The number of aliphatic hydroxyl groups excluding tert-OH is 3. The summed E-state index contributed by atoms with van der Waals surface area (Å²) >= 11 is 0. The van der Waals surface area contributed by atoms with Gasteiger partial charge in [-0.05, 0) is 43.4 Å². The fraction of sp³-hybridized carbons (Fsp3) is 0.464. The highest BCUT2D eigenvalue weighted by atomic mass is 16.7. The first-order chi connectivity index (χ1) is 18.9. The van der Waals surface area contributed by atoms with Crippen LogP contribution in [0.2, 0.25) is 0 Å². The second-order valence-electron chi connectivity index (χ2n) is 10.5. The van der Waals surface area contributed by atoms with E-state index in [0.717, 1.165) is 13.0 Å². The van der Waals surface area contributed by atoms with E-state index in [1.54, 1.807) is 18.2 Å². The highest BCUT2D eigenvalue weighted by molar-refractivity contribution is 6.14. The summed E-state index contributed by atoms with van der Waals surface area (Å²) in [5.74, 6) is -5.73. The molecule has 0 amide bonds. The summed E-state index contributed by atoms with van der Waals surface area (Å²) in [6.07, 6.45) is -6.61. The Morgan fingerprint density at radius 2 is 1.95 bits per heavy atom. The van der Waals surface area contributed by atoms with Gasteiger partial charge in [0.05, 0.1) is 17.1 Å². The predicted molar refractivity (Wildman–Crippen MR) is 135 cm³/mol. The molecule has 3 aliphatic rings. The van der Waals surface area contributed by atoms with Crippen molar-refractivity contribution in [3.63, 3.8) is 0 Å². The van der Waals surface area contributed by atoms with Crippen molar-refractivity contribution in [2.45, 2.75) is 68.8 Å². The van der Waals surface area contributed by atoms with Crippen LogP contribution in [0.15, 0.2) is 35.9 Å². The summed E-state index contributed by atoms with van der Waals surface area (Å²) in [4.78, 5) is 37.5. The van der Waals surface area contributed by atoms with Gasteiger partial charge in [-0.25, -0.2) is 0 Å². The van der Waals surface area contributed by atoms with Gasteiger partial charge >= 0.3 is 0 Å². The van der Waals surface area contributed by atoms with Gasteiger partial charge in [0.2, 0.25) is 11.6 Å². The summed E-state index contributed by atoms with van der Waals surface area (Å²) in [6, 6.07) is 6.13. The first kappa shape index (κ1) is 28.3. The van der Waals surface area contributed by atoms with Crippen LogP contribution < -0.4 is 0 Å². The molecule has 1 saturated heterocycles. The molecular weight excluding hydrogens is 528 g/mol. The van der Waals surface area contributed by atoms with Crippen molar-refractivity contribution < 1.29 is 59.2 Å². The summed E-state index contributed by atoms with van der Waals surface area (Å²) in [7, 11) is 0. The number of ketones is 2. The number of carbonyl (C=O) groups excluding carboxylic acids is 3. The molecule has 1 heterocycles. The van der Waals surface area contributed by atoms with Crippen LogP contribution in [0.25, 0.3) is 10.8 Å². The fourth-order valence-corrected chi connectivity index (χ4v) is 6.07. The van der Waals surface area contributed by atoms with E-state index in [2.05, 4.69) is 0 Å². The zero-order valence-electron chi connectivity index (χ0n) is 21.7. The van der Waals surface area contributed by atoms with E-state index in [4.69, 9.17) is 14.2 Å². The van der Waals surface area contributed by atoms with Crippen molar-refractivity contribution in [2.24, 2.45) is 5.92 Å². The first-order valence-corrected chi connectivity index (χ1v) is 12.8. The highest BCUT2D eigenvalue weighted by Crippen LogP contribution is 2.50. The largest absolute Gasteiger partial charge is 0.507 e. The second kappa shape index (κ2) is 10.00. The van der Waals surface area contributed by atoms with Crippen LogP contribution in [0.5, 0.6) is 11.5 Å². The van der Waals surface area contributed by atoms with E-state index in [1.807, 2.05) is 0 Å². The molecule has 0 aromatic heterocycles. The van der Waals surface area contributed by atoms with E-state index in [9.17, 15) is 45.0 Å². The van der Waals surface area contributed by atoms with Crippen LogP contribution in [0.3, 0.4) is 0 Å². The van der Waals surface area contributed by atoms with Crippen molar-refractivity contribution in [2.75, 3.05) is 6.61 Å². The lowest BCUT2D eigenvalue weighted by Crippen LogP contribution is -2.65. The lowest BCUT2D eigenvalue weighted by atomic mass is 9.63. The van der Waals surface area contributed by atoms with Crippen LogP contribution in [0.1, 0.15) is 36.2 Å². The number of ether oxygens (including phenoxy) is 3. The predicted octanol–water partition coefficient (Wildman–Crippen LogP) is 0.0121. The summed E-state index contributed by atoms with van der Waals surface area (Å²) in [5, 5.41) is 65.5. The standard InChI is InChI=1S/C28H30O12/c1-12(30)16-11-27(40-20-10-19(32)28(37,13(2)39-20)38-7-6-29)17(24(34)23(16)33)9-15-8-14-4-3-5-18(31)21(14)25(35)22(15)26(27)36/h3-6,8,11,13,17,19-20,23-24,31-35,37H,7,9-10H2,1-2H3. The quantitative estimate of drug-likeness (QED) is 0.205. The molecule has 8 unspecified atom stereocenters. The van der Waals surface area contributed by atoms with Gasteiger partial charge in [-0.3, -0.25) is 9.59 Å². The van der Waals surface area contributed by atoms with Gasteiger partial charge < -0.3 is 49.6 Å². The number of aliphatic hydroxyl groups is 4. The molecule has 12 heteroatoms. The number of fused-ring (bicyclic) bond motifs is 3. The van der Waals surface area contributed by atoms with Gasteiger partial charge in [-0.2, -0.15) is 0 Å². The zero-order valence-corrected chi connectivity index (χ0v) is 21.7. The number of phenols is 2. The lowest BCUT2D eigenvalue weighted by molar-refractivity contribution is -0.370. The Balaban J connectivity index is 1.64. The summed E-state index contributed by atoms with van der Waals surface area (Å²) in [5.41, 5.74) is -2.33. The van der Waals surface area contributed by atoms with Gasteiger partial charge in [-0.15, -0.1) is 0 Å². The molecule has 1 aliphatic heterocycles. The molecule has 0 bridgehead atoms. The number of aromatic hydroxyl groups is 2. The molecule has 12 nitrogen and oxygen atoms in total. The number of aldehydes is 1. The Labute approximate surface area is 228 Å². The maximum Gasteiger partial charge on any atom is 0.219 e. The monoisotopic (exact) mass is 558 g/mol. The SMILES string of the molecule is CC(=O)C1=CC2(OC3CC(O)C(O)(OCC=O)C(C)O3)C(=O)c3c(cc4cccc(O)c4c3O)CC2C(O)C1O. The maximum absolute atomic E-state index is 14.3. The lowest BCUT2D eigenvalue weighted by Gasteiger charge is -2.51. The zero-order chi connectivity index (χ0) is 29.1. The molecular formula is C28H30O12. The molecule has 0 radical (unpaired) electrons. The Morgan fingerprint density at radius 3 is 2.60 bits per heavy atom. The summed E-state index contributed by atoms with van der Waals surface area (Å²) in [6.45, 7) is 1.98. The van der Waals surface area contributed by atoms with Crippen LogP contribution in [-0.4, -0.2) is 97.2 Å². The van der Waals surface area contributed by atoms with Gasteiger partial charge in [0.1, 0.15) is 42.7 Å². The van der Waals surface area contributed by atoms with E-state index in [0.29, 0.717) is 17.2 Å². The normalized spacial score (nSPS) is 35.5. The van der Waals surface area contributed by atoms with Gasteiger partial charge in [0.15, 0.2) is 17.7 Å². The smallest absolute Gasteiger partial charge is 0.219 e. The molecule has 8 atom stereocenters. The van der Waals surface area contributed by atoms with Crippen molar-refractivity contribution in [1.82, 2.24) is 0 Å². The van der Waals surface area contributed by atoms with E-state index in [-0.39, 0.29) is 28.7 Å². The van der Waals surface area contributed by atoms with E-state index < -0.39 is 78.4 Å². The van der Waals surface area contributed by atoms with Crippen molar-refractivity contribution in [3.8, 4) is 11.5 Å². The van der Waals surface area contributed by atoms with Crippen molar-refractivity contribution in [3.05, 3.63) is 47.0 Å². The van der Waals surface area contributed by atoms with Crippen molar-refractivity contribution in [1.29, 1.82) is 0 Å². The number of rotatable bonds is 6. The molecule has 0 spiro atoms. The van der Waals surface area contributed by atoms with E-state index >= 15 is 0 Å². The number of benzene rings is 2. The van der Waals surface area contributed by atoms with E-state index in [1.165, 1.54) is 13.0 Å².